The molecule has 0 aromatic carbocycles. The predicted molar refractivity (Wildman–Crippen MR) is 64.1 cm³/mol. The molecule has 6 heteroatoms. The maximum Gasteiger partial charge on any atom is 0.218 e. The molecular weight excluding hydrogens is 222 g/mol. The lowest BCUT2D eigenvalue weighted by Crippen LogP contribution is -2.09. The summed E-state index contributed by atoms with van der Waals surface area (Å²) in [6.07, 6.45) is 0. The predicted octanol–water partition coefficient (Wildman–Crippen LogP) is 0.816. The van der Waals surface area contributed by atoms with Gasteiger partial charge >= 0.3 is 0 Å². The first kappa shape index (κ1) is 13.7. The Balaban J connectivity index is 2.76. The van der Waals surface area contributed by atoms with E-state index in [1.807, 2.05) is 13.8 Å². The smallest absolute Gasteiger partial charge is 0.218 e. The van der Waals surface area contributed by atoms with Crippen molar-refractivity contribution in [1.82, 2.24) is 9.97 Å². The van der Waals surface area contributed by atoms with E-state index in [1.54, 1.807) is 6.07 Å². The minimum atomic E-state index is -0.0403. The Labute approximate surface area is 101 Å². The maximum atomic E-state index is 8.70. The molecule has 0 saturated heterocycles. The number of aliphatic hydroxyl groups excluding tert-OH is 1. The van der Waals surface area contributed by atoms with Crippen molar-refractivity contribution in [2.45, 2.75) is 20.5 Å². The molecule has 0 fully saturated rings. The zero-order chi connectivity index (χ0) is 12.5. The van der Waals surface area contributed by atoms with E-state index in [9.17, 15) is 0 Å². The monoisotopic (exact) mass is 241 g/mol. The van der Waals surface area contributed by atoms with Gasteiger partial charge in [-0.05, 0) is 13.8 Å². The van der Waals surface area contributed by atoms with E-state index in [1.165, 1.54) is 0 Å². The van der Waals surface area contributed by atoms with Gasteiger partial charge in [0.25, 0.3) is 0 Å². The van der Waals surface area contributed by atoms with Crippen LogP contribution in [0.4, 0.5) is 5.82 Å². The van der Waals surface area contributed by atoms with Gasteiger partial charge in [-0.25, -0.2) is 4.98 Å². The topological polar surface area (TPSA) is 76.5 Å². The molecule has 0 amide bonds. The van der Waals surface area contributed by atoms with Crippen LogP contribution in [0.5, 0.6) is 5.88 Å². The zero-order valence-corrected chi connectivity index (χ0v) is 10.3. The molecule has 1 aromatic rings. The molecule has 0 atom stereocenters. The molecule has 0 aliphatic heterocycles. The lowest BCUT2D eigenvalue weighted by Gasteiger charge is -2.09. The van der Waals surface area contributed by atoms with Gasteiger partial charge in [-0.3, -0.25) is 0 Å². The summed E-state index contributed by atoms with van der Waals surface area (Å²) in [4.78, 5) is 8.46. The third-order valence-corrected chi connectivity index (χ3v) is 1.88. The fourth-order valence-corrected chi connectivity index (χ4v) is 1.23. The summed E-state index contributed by atoms with van der Waals surface area (Å²) >= 11 is 0. The zero-order valence-electron chi connectivity index (χ0n) is 10.3. The first-order chi connectivity index (χ1) is 8.30. The first-order valence-corrected chi connectivity index (χ1v) is 5.73. The summed E-state index contributed by atoms with van der Waals surface area (Å²) in [6.45, 7) is 5.81. The number of rotatable bonds is 8. The lowest BCUT2D eigenvalue weighted by molar-refractivity contribution is 0.127. The molecule has 6 nitrogen and oxygen atoms in total. The summed E-state index contributed by atoms with van der Waals surface area (Å²) in [5, 5.41) is 11.8. The van der Waals surface area contributed by atoms with Gasteiger partial charge in [-0.2, -0.15) is 4.98 Å². The highest BCUT2D eigenvalue weighted by Crippen LogP contribution is 2.14. The molecule has 96 valence electrons. The molecule has 0 spiro atoms. The van der Waals surface area contributed by atoms with E-state index in [0.29, 0.717) is 30.7 Å². The standard InChI is InChI=1S/C11H19N3O3/c1-3-12-9-7-11(17-6-5-15)14-10(13-9)8-16-4-2/h7,15H,3-6,8H2,1-2H3,(H,12,13,14). The van der Waals surface area contributed by atoms with Gasteiger partial charge in [-0.15, -0.1) is 0 Å². The van der Waals surface area contributed by atoms with Gasteiger partial charge in [0.15, 0.2) is 5.82 Å². The van der Waals surface area contributed by atoms with Crippen LogP contribution in [0, 0.1) is 0 Å². The maximum absolute atomic E-state index is 8.70. The van der Waals surface area contributed by atoms with Gasteiger partial charge in [-0.1, -0.05) is 0 Å². The molecule has 1 heterocycles. The van der Waals surface area contributed by atoms with Crippen LogP contribution in [0.25, 0.3) is 0 Å². The summed E-state index contributed by atoms with van der Waals surface area (Å²) in [5.74, 6) is 1.71. The van der Waals surface area contributed by atoms with Gasteiger partial charge in [0, 0.05) is 19.2 Å². The third kappa shape index (κ3) is 4.97. The van der Waals surface area contributed by atoms with E-state index in [-0.39, 0.29) is 13.2 Å². The second kappa shape index (κ2) is 7.81. The van der Waals surface area contributed by atoms with E-state index < -0.39 is 0 Å². The Kier molecular flexibility index (Phi) is 6.27. The Morgan fingerprint density at radius 1 is 1.35 bits per heavy atom. The van der Waals surface area contributed by atoms with Crippen molar-refractivity contribution in [2.75, 3.05) is 31.7 Å². The van der Waals surface area contributed by atoms with Crippen LogP contribution in [0.15, 0.2) is 6.07 Å². The number of aromatic nitrogens is 2. The number of hydrogen-bond acceptors (Lipinski definition) is 6. The number of hydrogen-bond donors (Lipinski definition) is 2. The Morgan fingerprint density at radius 3 is 2.82 bits per heavy atom. The van der Waals surface area contributed by atoms with Crippen LogP contribution in [0.2, 0.25) is 0 Å². The highest BCUT2D eigenvalue weighted by molar-refractivity contribution is 5.38. The van der Waals surface area contributed by atoms with E-state index in [4.69, 9.17) is 14.6 Å². The van der Waals surface area contributed by atoms with E-state index >= 15 is 0 Å². The third-order valence-electron chi connectivity index (χ3n) is 1.88. The normalized spacial score (nSPS) is 10.3. The van der Waals surface area contributed by atoms with Crippen LogP contribution in [0.3, 0.4) is 0 Å². The SMILES string of the molecule is CCNc1cc(OCCO)nc(COCC)n1. The van der Waals surface area contributed by atoms with Crippen molar-refractivity contribution >= 4 is 5.82 Å². The number of aliphatic hydroxyl groups is 1. The highest BCUT2D eigenvalue weighted by Gasteiger charge is 2.05. The quantitative estimate of drug-likeness (QED) is 0.701. The largest absolute Gasteiger partial charge is 0.475 e. The molecule has 0 radical (unpaired) electrons. The van der Waals surface area contributed by atoms with Crippen LogP contribution in [0.1, 0.15) is 19.7 Å². The van der Waals surface area contributed by atoms with Gasteiger partial charge in [0.1, 0.15) is 19.0 Å². The van der Waals surface area contributed by atoms with Crippen LogP contribution in [-0.2, 0) is 11.3 Å². The van der Waals surface area contributed by atoms with Crippen LogP contribution < -0.4 is 10.1 Å². The molecule has 0 unspecified atom stereocenters. The summed E-state index contributed by atoms with van der Waals surface area (Å²) in [6, 6.07) is 1.70. The molecule has 0 aliphatic rings. The number of anilines is 1. The summed E-state index contributed by atoms with van der Waals surface area (Å²) < 4.78 is 10.5. The highest BCUT2D eigenvalue weighted by atomic mass is 16.5. The average molecular weight is 241 g/mol. The second-order valence-electron chi connectivity index (χ2n) is 3.25. The van der Waals surface area contributed by atoms with Gasteiger partial charge in [0.2, 0.25) is 5.88 Å². The van der Waals surface area contributed by atoms with Crippen molar-refractivity contribution in [3.8, 4) is 5.88 Å². The summed E-state index contributed by atoms with van der Waals surface area (Å²) in [5.41, 5.74) is 0. The fourth-order valence-electron chi connectivity index (χ4n) is 1.23. The molecule has 1 rings (SSSR count). The number of ether oxygens (including phenoxy) is 2. The number of nitrogens with one attached hydrogen (secondary N) is 1. The molecule has 1 aromatic heterocycles. The molecule has 17 heavy (non-hydrogen) atoms. The van der Waals surface area contributed by atoms with Crippen LogP contribution >= 0.6 is 0 Å². The van der Waals surface area contributed by atoms with E-state index in [2.05, 4.69) is 15.3 Å². The van der Waals surface area contributed by atoms with Crippen molar-refractivity contribution < 1.29 is 14.6 Å². The van der Waals surface area contributed by atoms with Crippen molar-refractivity contribution in [3.63, 3.8) is 0 Å². The van der Waals surface area contributed by atoms with Crippen molar-refractivity contribution in [1.29, 1.82) is 0 Å². The second-order valence-corrected chi connectivity index (χ2v) is 3.25. The Hall–Kier alpha value is -1.40. The van der Waals surface area contributed by atoms with Gasteiger partial charge < -0.3 is 19.9 Å². The summed E-state index contributed by atoms with van der Waals surface area (Å²) in [7, 11) is 0. The molecular formula is C11H19N3O3. The molecule has 0 saturated carbocycles. The minimum absolute atomic E-state index is 0.0403. The molecule has 0 bridgehead atoms. The van der Waals surface area contributed by atoms with Gasteiger partial charge in [0.05, 0.1) is 6.61 Å². The van der Waals surface area contributed by atoms with E-state index in [0.717, 1.165) is 6.54 Å². The van der Waals surface area contributed by atoms with Crippen molar-refractivity contribution in [3.05, 3.63) is 11.9 Å². The Morgan fingerprint density at radius 2 is 2.18 bits per heavy atom. The van der Waals surface area contributed by atoms with Crippen molar-refractivity contribution in [2.24, 2.45) is 0 Å². The first-order valence-electron chi connectivity index (χ1n) is 5.73. The Bertz CT molecular complexity index is 307. The lowest BCUT2D eigenvalue weighted by atomic mass is 10.5. The minimum Gasteiger partial charge on any atom is -0.475 e. The fraction of sp³-hybridized carbons (Fsp3) is 0.636. The average Bonchev–Trinajstić information content (AvgIpc) is 2.34. The number of nitrogens with zero attached hydrogens (tertiary/aromatic N) is 2. The molecule has 2 N–H and O–H groups in total. The van der Waals surface area contributed by atoms with Crippen LogP contribution in [-0.4, -0.2) is 41.4 Å². The molecule has 0 aliphatic carbocycles.